The zero-order valence-electron chi connectivity index (χ0n) is 12.7. The highest BCUT2D eigenvalue weighted by Gasteiger charge is 2.08. The average Bonchev–Trinajstić information content (AvgIpc) is 2.53. The lowest BCUT2D eigenvalue weighted by Gasteiger charge is -2.20. The Morgan fingerprint density at radius 3 is 2.19 bits per heavy atom. The minimum Gasteiger partial charge on any atom is -0.492 e. The van der Waals surface area contributed by atoms with Crippen molar-refractivity contribution >= 4 is 0 Å². The van der Waals surface area contributed by atoms with Crippen LogP contribution in [0.3, 0.4) is 0 Å². The Morgan fingerprint density at radius 1 is 0.905 bits per heavy atom. The van der Waals surface area contributed by atoms with Crippen molar-refractivity contribution in [2.75, 3.05) is 6.61 Å². The first-order valence-corrected chi connectivity index (χ1v) is 7.33. The van der Waals surface area contributed by atoms with Crippen molar-refractivity contribution < 1.29 is 9.47 Å². The lowest BCUT2D eigenvalue weighted by atomic mass is 10.2. The van der Waals surface area contributed by atoms with Crippen LogP contribution in [0.1, 0.15) is 19.4 Å². The summed E-state index contributed by atoms with van der Waals surface area (Å²) in [6.45, 7) is 5.33. The fraction of sp³-hybridized carbons (Fsp3) is 0.333. The maximum absolute atomic E-state index is 5.78. The normalized spacial score (nSPS) is 13.6. The Bertz CT molecular complexity index is 454. The van der Waals surface area contributed by atoms with Gasteiger partial charge in [-0.25, -0.2) is 0 Å². The molecule has 0 radical (unpaired) electrons. The van der Waals surface area contributed by atoms with Crippen LogP contribution in [0.25, 0.3) is 0 Å². The molecule has 0 saturated carbocycles. The Kier molecular flexibility index (Phi) is 6.25. The van der Waals surface area contributed by atoms with Gasteiger partial charge in [-0.1, -0.05) is 48.5 Å². The van der Waals surface area contributed by atoms with Gasteiger partial charge in [-0.15, -0.1) is 0 Å². The quantitative estimate of drug-likeness (QED) is 0.752. The van der Waals surface area contributed by atoms with E-state index in [4.69, 9.17) is 9.47 Å². The fourth-order valence-electron chi connectivity index (χ4n) is 2.03. The summed E-state index contributed by atoms with van der Waals surface area (Å²) in [7, 11) is 0. The van der Waals surface area contributed by atoms with Gasteiger partial charge in [0.05, 0.1) is 6.61 Å². The Hall–Kier alpha value is -1.84. The molecule has 1 N–H and O–H groups in total. The van der Waals surface area contributed by atoms with E-state index in [1.807, 2.05) is 55.5 Å². The second-order valence-corrected chi connectivity index (χ2v) is 5.13. The molecule has 0 aromatic heterocycles. The molecule has 0 aliphatic heterocycles. The van der Waals surface area contributed by atoms with E-state index in [2.05, 4.69) is 24.4 Å². The van der Waals surface area contributed by atoms with Crippen molar-refractivity contribution in [1.82, 2.24) is 5.32 Å². The summed E-state index contributed by atoms with van der Waals surface area (Å²) in [6.07, 6.45) is -0.0143. The predicted octanol–water partition coefficient (Wildman–Crippen LogP) is 3.61. The molecule has 2 rings (SSSR count). The van der Waals surface area contributed by atoms with Crippen molar-refractivity contribution in [2.45, 2.75) is 32.7 Å². The first-order chi connectivity index (χ1) is 10.2. The Morgan fingerprint density at radius 2 is 1.52 bits per heavy atom. The van der Waals surface area contributed by atoms with Crippen molar-refractivity contribution in [3.8, 4) is 5.75 Å². The molecule has 0 saturated heterocycles. The van der Waals surface area contributed by atoms with Gasteiger partial charge in [0.2, 0.25) is 0 Å². The monoisotopic (exact) mass is 285 g/mol. The lowest BCUT2D eigenvalue weighted by molar-refractivity contribution is 0.0197. The Balaban J connectivity index is 1.66. The Labute approximate surface area is 126 Å². The van der Waals surface area contributed by atoms with Crippen LogP contribution in [-0.2, 0) is 11.3 Å². The first-order valence-electron chi connectivity index (χ1n) is 7.33. The van der Waals surface area contributed by atoms with E-state index in [0.29, 0.717) is 13.2 Å². The molecule has 0 spiro atoms. The van der Waals surface area contributed by atoms with Gasteiger partial charge >= 0.3 is 0 Å². The number of nitrogens with one attached hydrogen (secondary N) is 1. The summed E-state index contributed by atoms with van der Waals surface area (Å²) in [4.78, 5) is 0. The summed E-state index contributed by atoms with van der Waals surface area (Å²) in [5.74, 6) is 0.893. The molecular formula is C18H23NO2. The van der Waals surface area contributed by atoms with Crippen LogP contribution < -0.4 is 10.1 Å². The fourth-order valence-corrected chi connectivity index (χ4v) is 2.03. The molecule has 0 fully saturated rings. The minimum atomic E-state index is -0.0143. The molecule has 0 heterocycles. The number of hydrogen-bond donors (Lipinski definition) is 1. The van der Waals surface area contributed by atoms with Crippen LogP contribution in [0.5, 0.6) is 5.75 Å². The van der Waals surface area contributed by atoms with E-state index in [1.54, 1.807) is 0 Å². The van der Waals surface area contributed by atoms with Crippen LogP contribution in [0.15, 0.2) is 60.7 Å². The van der Waals surface area contributed by atoms with Gasteiger partial charge in [-0.05, 0) is 31.5 Å². The molecule has 112 valence electrons. The maximum Gasteiger partial charge on any atom is 0.119 e. The standard InChI is InChI=1S/C18H23NO2/c1-15(13-21-18-11-7-4-8-12-18)19-16(2)20-14-17-9-5-3-6-10-17/h3-12,15-16,19H,13-14H2,1-2H3. The number of para-hydroxylation sites is 1. The molecule has 2 unspecified atom stereocenters. The molecule has 3 heteroatoms. The topological polar surface area (TPSA) is 30.5 Å². The third-order valence-electron chi connectivity index (χ3n) is 3.11. The zero-order chi connectivity index (χ0) is 14.9. The van der Waals surface area contributed by atoms with E-state index in [-0.39, 0.29) is 12.3 Å². The third kappa shape index (κ3) is 5.98. The van der Waals surface area contributed by atoms with E-state index in [1.165, 1.54) is 5.56 Å². The molecule has 0 aliphatic carbocycles. The summed E-state index contributed by atoms with van der Waals surface area (Å²) in [6, 6.07) is 20.2. The van der Waals surface area contributed by atoms with Gasteiger partial charge in [0.25, 0.3) is 0 Å². The van der Waals surface area contributed by atoms with Gasteiger partial charge in [0.1, 0.15) is 18.6 Å². The third-order valence-corrected chi connectivity index (χ3v) is 3.11. The molecule has 2 atom stereocenters. The van der Waals surface area contributed by atoms with Crippen LogP contribution in [0, 0.1) is 0 Å². The number of benzene rings is 2. The van der Waals surface area contributed by atoms with E-state index >= 15 is 0 Å². The second kappa shape index (κ2) is 8.45. The molecule has 0 bridgehead atoms. The second-order valence-electron chi connectivity index (χ2n) is 5.13. The van der Waals surface area contributed by atoms with Gasteiger partial charge in [0, 0.05) is 6.04 Å². The molecule has 0 aliphatic rings. The van der Waals surface area contributed by atoms with Crippen LogP contribution in [0.4, 0.5) is 0 Å². The summed E-state index contributed by atoms with van der Waals surface area (Å²) >= 11 is 0. The highest BCUT2D eigenvalue weighted by Crippen LogP contribution is 2.08. The molecular weight excluding hydrogens is 262 g/mol. The van der Waals surface area contributed by atoms with Gasteiger partial charge in [-0.3, -0.25) is 5.32 Å². The molecule has 0 amide bonds. The van der Waals surface area contributed by atoms with Gasteiger partial charge in [0.15, 0.2) is 0 Å². The van der Waals surface area contributed by atoms with Crippen LogP contribution in [-0.4, -0.2) is 18.9 Å². The number of rotatable bonds is 8. The number of hydrogen-bond acceptors (Lipinski definition) is 3. The lowest BCUT2D eigenvalue weighted by Crippen LogP contribution is -2.39. The average molecular weight is 285 g/mol. The molecule has 2 aromatic carbocycles. The summed E-state index contributed by atoms with van der Waals surface area (Å²) in [5, 5.41) is 3.37. The van der Waals surface area contributed by atoms with E-state index in [9.17, 15) is 0 Å². The molecule has 21 heavy (non-hydrogen) atoms. The highest BCUT2D eigenvalue weighted by molar-refractivity contribution is 5.20. The van der Waals surface area contributed by atoms with Crippen molar-refractivity contribution in [3.05, 3.63) is 66.2 Å². The smallest absolute Gasteiger partial charge is 0.119 e. The molecule has 2 aromatic rings. The molecule has 3 nitrogen and oxygen atoms in total. The first kappa shape index (κ1) is 15.5. The van der Waals surface area contributed by atoms with Crippen LogP contribution in [0.2, 0.25) is 0 Å². The van der Waals surface area contributed by atoms with Gasteiger partial charge < -0.3 is 9.47 Å². The highest BCUT2D eigenvalue weighted by atomic mass is 16.5. The van der Waals surface area contributed by atoms with E-state index in [0.717, 1.165) is 5.75 Å². The zero-order valence-corrected chi connectivity index (χ0v) is 12.7. The van der Waals surface area contributed by atoms with Gasteiger partial charge in [-0.2, -0.15) is 0 Å². The maximum atomic E-state index is 5.78. The summed E-state index contributed by atoms with van der Waals surface area (Å²) in [5.41, 5.74) is 1.18. The van der Waals surface area contributed by atoms with Crippen molar-refractivity contribution in [2.24, 2.45) is 0 Å². The number of ether oxygens (including phenoxy) is 2. The largest absolute Gasteiger partial charge is 0.492 e. The summed E-state index contributed by atoms with van der Waals surface area (Å²) < 4.78 is 11.5. The minimum absolute atomic E-state index is 0.0143. The van der Waals surface area contributed by atoms with Crippen molar-refractivity contribution in [1.29, 1.82) is 0 Å². The van der Waals surface area contributed by atoms with Crippen molar-refractivity contribution in [3.63, 3.8) is 0 Å². The van der Waals surface area contributed by atoms with E-state index < -0.39 is 0 Å². The van der Waals surface area contributed by atoms with Crippen LogP contribution >= 0.6 is 0 Å². The predicted molar refractivity (Wildman–Crippen MR) is 85.2 cm³/mol. The SMILES string of the molecule is CC(COc1ccccc1)NC(C)OCc1ccccc1.